The topological polar surface area (TPSA) is 134 Å². The highest BCUT2D eigenvalue weighted by atomic mass is 32.1. The summed E-state index contributed by atoms with van der Waals surface area (Å²) in [6, 6.07) is 8.35. The molecule has 3 bridgehead atoms. The Morgan fingerprint density at radius 2 is 1.81 bits per heavy atom. The molecule has 6 heterocycles. The van der Waals surface area contributed by atoms with Crippen LogP contribution in [0.5, 0.6) is 0 Å². The summed E-state index contributed by atoms with van der Waals surface area (Å²) >= 11 is 1.43. The maximum atomic E-state index is 13.8. The number of nitrogens with zero attached hydrogens (tertiary/aromatic N) is 8. The van der Waals surface area contributed by atoms with Gasteiger partial charge in [-0.2, -0.15) is 5.10 Å². The monoisotopic (exact) mass is 817 g/mol. The van der Waals surface area contributed by atoms with E-state index in [4.69, 9.17) is 14.8 Å². The molecule has 4 aliphatic carbocycles. The van der Waals surface area contributed by atoms with E-state index in [9.17, 15) is 14.3 Å². The van der Waals surface area contributed by atoms with Crippen LogP contribution in [0.2, 0.25) is 0 Å². The second-order valence-corrected chi connectivity index (χ2v) is 20.6. The van der Waals surface area contributed by atoms with E-state index in [1.165, 1.54) is 87.9 Å². The first kappa shape index (κ1) is 37.5. The second-order valence-electron chi connectivity index (χ2n) is 19.6. The van der Waals surface area contributed by atoms with Crippen molar-refractivity contribution in [2.45, 2.75) is 104 Å². The van der Waals surface area contributed by atoms with Gasteiger partial charge in [0.05, 0.1) is 28.6 Å². The van der Waals surface area contributed by atoms with Gasteiger partial charge in [-0.1, -0.05) is 25.2 Å². The van der Waals surface area contributed by atoms with E-state index in [0.29, 0.717) is 40.2 Å². The third kappa shape index (κ3) is 5.64. The summed E-state index contributed by atoms with van der Waals surface area (Å²) in [7, 11) is 0. The van der Waals surface area contributed by atoms with Crippen molar-refractivity contribution in [1.82, 2.24) is 34.8 Å². The molecule has 5 unspecified atom stereocenters. The molecule has 59 heavy (non-hydrogen) atoms. The van der Waals surface area contributed by atoms with Gasteiger partial charge in [-0.3, -0.25) is 4.68 Å². The summed E-state index contributed by atoms with van der Waals surface area (Å²) in [5.74, 6) is 0.359. The van der Waals surface area contributed by atoms with Crippen molar-refractivity contribution in [3.63, 3.8) is 0 Å². The molecule has 2 N–H and O–H groups in total. The fraction of sp³-hybridized carbons (Fsp3) is 0.556. The number of ether oxygens (including phenoxy) is 1. The smallest absolute Gasteiger partial charge is 0.355 e. The molecule has 11 rings (SSSR count). The van der Waals surface area contributed by atoms with Gasteiger partial charge in [0.25, 0.3) is 0 Å². The molecule has 1 spiro atoms. The maximum absolute atomic E-state index is 13.8. The van der Waals surface area contributed by atoms with Crippen LogP contribution in [-0.2, 0) is 17.7 Å². The highest BCUT2D eigenvalue weighted by Gasteiger charge is 2.85. The van der Waals surface area contributed by atoms with E-state index >= 15 is 0 Å². The van der Waals surface area contributed by atoms with Crippen LogP contribution >= 0.6 is 11.3 Å². The molecule has 4 aromatic heterocycles. The number of pyridine rings is 1. The van der Waals surface area contributed by atoms with Crippen molar-refractivity contribution >= 4 is 50.1 Å². The van der Waals surface area contributed by atoms with Gasteiger partial charge in [-0.15, -0.1) is 10.2 Å². The van der Waals surface area contributed by atoms with Crippen molar-refractivity contribution in [2.24, 2.45) is 21.7 Å². The number of hydrogen-bond acceptors (Lipinski definition) is 11. The van der Waals surface area contributed by atoms with Crippen molar-refractivity contribution in [1.29, 1.82) is 0 Å². The van der Waals surface area contributed by atoms with Gasteiger partial charge in [0.2, 0.25) is 0 Å². The molecule has 2 aliphatic heterocycles. The molecular formula is C45H52FN9O3S. The van der Waals surface area contributed by atoms with E-state index in [1.54, 1.807) is 6.07 Å². The third-order valence-corrected chi connectivity index (χ3v) is 16.5. The molecule has 0 amide bonds. The fourth-order valence-electron chi connectivity index (χ4n) is 13.8. The zero-order chi connectivity index (χ0) is 40.5. The molecule has 5 atom stereocenters. The van der Waals surface area contributed by atoms with Gasteiger partial charge >= 0.3 is 5.97 Å². The van der Waals surface area contributed by atoms with Crippen molar-refractivity contribution in [3.8, 4) is 11.1 Å². The largest absolute Gasteiger partial charge is 0.476 e. The number of hydrogen-bond donors (Lipinski definition) is 2. The maximum Gasteiger partial charge on any atom is 0.355 e. The molecule has 12 nitrogen and oxygen atoms in total. The van der Waals surface area contributed by atoms with Crippen molar-refractivity contribution < 1.29 is 19.0 Å². The Balaban J connectivity index is 0.844. The van der Waals surface area contributed by atoms with Crippen LogP contribution in [0.15, 0.2) is 36.5 Å². The van der Waals surface area contributed by atoms with Gasteiger partial charge < -0.3 is 25.0 Å². The summed E-state index contributed by atoms with van der Waals surface area (Å²) in [6.07, 6.45) is 13.2. The van der Waals surface area contributed by atoms with Gasteiger partial charge in [0.1, 0.15) is 11.6 Å². The first-order chi connectivity index (χ1) is 28.3. The number of nitrogens with one attached hydrogen (secondary N) is 1. The fourth-order valence-corrected chi connectivity index (χ4v) is 14.6. The lowest BCUT2D eigenvalue weighted by Crippen LogP contribution is -2.65. The predicted molar refractivity (Wildman–Crippen MR) is 225 cm³/mol. The van der Waals surface area contributed by atoms with Crippen LogP contribution in [0, 0.1) is 41.3 Å². The number of aromatic carboxylic acids is 1. The minimum atomic E-state index is -1.08. The molecule has 5 fully saturated rings. The second kappa shape index (κ2) is 13.0. The van der Waals surface area contributed by atoms with Crippen LogP contribution in [0.25, 0.3) is 21.3 Å². The molecule has 4 saturated carbocycles. The highest BCUT2D eigenvalue weighted by molar-refractivity contribution is 7.22. The quantitative estimate of drug-likeness (QED) is 0.132. The van der Waals surface area contributed by atoms with Crippen LogP contribution < -0.4 is 10.2 Å². The average Bonchev–Trinajstić information content (AvgIpc) is 3.99. The van der Waals surface area contributed by atoms with Crippen LogP contribution in [0.4, 0.5) is 27.0 Å². The summed E-state index contributed by atoms with van der Waals surface area (Å²) in [4.78, 5) is 26.8. The Kier molecular flexibility index (Phi) is 8.25. The molecule has 14 heteroatoms. The number of carboxylic acids is 1. The number of anilines is 4. The number of likely N-dealkylation sites (tertiary alicyclic amines) is 1. The van der Waals surface area contributed by atoms with Gasteiger partial charge in [0.15, 0.2) is 22.5 Å². The zero-order valence-corrected chi connectivity index (χ0v) is 35.2. The normalized spacial score (nSPS) is 30.6. The lowest BCUT2D eigenvalue weighted by atomic mass is 9.44. The number of rotatable bonds is 11. The van der Waals surface area contributed by atoms with E-state index in [2.05, 4.69) is 50.9 Å². The van der Waals surface area contributed by atoms with Crippen molar-refractivity contribution in [2.75, 3.05) is 43.0 Å². The van der Waals surface area contributed by atoms with E-state index in [1.807, 2.05) is 30.2 Å². The van der Waals surface area contributed by atoms with Crippen LogP contribution in [0.1, 0.15) is 98.9 Å². The molecule has 1 saturated heterocycles. The lowest BCUT2D eigenvalue weighted by Gasteiger charge is -2.64. The number of thiazole rings is 1. The minimum absolute atomic E-state index is 0.000909. The number of halogens is 1. The van der Waals surface area contributed by atoms with Gasteiger partial charge in [0, 0.05) is 59.1 Å². The number of benzene rings is 1. The Morgan fingerprint density at radius 3 is 2.64 bits per heavy atom. The van der Waals surface area contributed by atoms with Crippen LogP contribution in [-0.4, -0.2) is 84.3 Å². The molecule has 6 aliphatic rings. The first-order valence-corrected chi connectivity index (χ1v) is 22.2. The summed E-state index contributed by atoms with van der Waals surface area (Å²) in [6.45, 7) is 14.9. The van der Waals surface area contributed by atoms with Gasteiger partial charge in [-0.25, -0.2) is 19.2 Å². The highest BCUT2D eigenvalue weighted by Crippen LogP contribution is 2.88. The number of carboxylic acid groups (broad SMARTS) is 1. The van der Waals surface area contributed by atoms with E-state index in [-0.39, 0.29) is 38.8 Å². The SMILES string of the molecule is Cc1c(Nc2nc3cc(F)ccc3s2)nnc2c1CCCN2c1ccc(-c2cnn(CC34CC5(C)CC6(OCCN7CCCC7)CC(C)(C3)C6(C5)C4)c2C)c(C(=O)O)n1. The first-order valence-electron chi connectivity index (χ1n) is 21.4. The number of carbonyl (C=O) groups is 1. The van der Waals surface area contributed by atoms with E-state index in [0.717, 1.165) is 59.6 Å². The lowest BCUT2D eigenvalue weighted by molar-refractivity contribution is -0.253. The Morgan fingerprint density at radius 1 is 0.966 bits per heavy atom. The zero-order valence-electron chi connectivity index (χ0n) is 34.4. The average molecular weight is 818 g/mol. The predicted octanol–water partition coefficient (Wildman–Crippen LogP) is 8.86. The molecule has 308 valence electrons. The number of aromatic nitrogens is 6. The Labute approximate surface area is 347 Å². The molecule has 0 radical (unpaired) electrons. The Hall–Kier alpha value is -4.53. The van der Waals surface area contributed by atoms with Crippen LogP contribution in [0.3, 0.4) is 0 Å². The molecule has 1 aromatic carbocycles. The third-order valence-electron chi connectivity index (χ3n) is 15.6. The van der Waals surface area contributed by atoms with E-state index < -0.39 is 5.97 Å². The molecular weight excluding hydrogens is 766 g/mol. The van der Waals surface area contributed by atoms with Gasteiger partial charge in [-0.05, 0) is 132 Å². The minimum Gasteiger partial charge on any atom is -0.476 e. The standard InChI is InChI=1S/C45H52FN9O3S/c1-27-30-8-7-15-54(38(30)52-51-37(27)50-40-48-33-18-29(46)9-11-34(33)59-40)35-12-10-31(36(49-35)39(56)57)32-19-47-55(28(32)2)26-43-20-41(3)21-44(25-43)42(4,23-43)24-45(44,22-41)58-17-16-53-13-5-6-14-53/h9-12,18-19H,5-8,13-17,20-26H2,1-4H3,(H,56,57)(H,48,50,51). The Bertz CT molecular complexity index is 2550. The summed E-state index contributed by atoms with van der Waals surface area (Å²) in [5.41, 5.74) is 5.77. The van der Waals surface area contributed by atoms with Crippen molar-refractivity contribution in [3.05, 3.63) is 64.9 Å². The summed E-state index contributed by atoms with van der Waals surface area (Å²) < 4.78 is 23.9. The number of fused-ring (bicyclic) bond motifs is 4. The molecule has 5 aromatic rings. The summed E-state index contributed by atoms with van der Waals surface area (Å²) in [5, 5.41) is 28.6.